The van der Waals surface area contributed by atoms with Gasteiger partial charge in [0.1, 0.15) is 5.52 Å². The molecule has 3 rings (SSSR count). The Morgan fingerprint density at radius 1 is 0.800 bits per heavy atom. The summed E-state index contributed by atoms with van der Waals surface area (Å²) in [5.74, 6) is 0. The number of hydrogen-bond donors (Lipinski definition) is 1. The summed E-state index contributed by atoms with van der Waals surface area (Å²) in [4.78, 5) is 14.4. The van der Waals surface area contributed by atoms with Crippen LogP contribution < -0.4 is 5.56 Å². The van der Waals surface area contributed by atoms with Gasteiger partial charge in [-0.2, -0.15) is 0 Å². The molecular weight excluding hydrogens is 248 g/mol. The Balaban J connectivity index is 0.000000538. The van der Waals surface area contributed by atoms with E-state index in [1.807, 2.05) is 88.5 Å². The Morgan fingerprint density at radius 3 is 2.00 bits per heavy atom. The molecule has 0 bridgehead atoms. The lowest BCUT2D eigenvalue weighted by Gasteiger charge is -2.00. The van der Waals surface area contributed by atoms with Crippen LogP contribution in [-0.2, 0) is 0 Å². The number of benzene rings is 1. The molecule has 0 aliphatic carbocycles. The molecule has 3 heteroatoms. The van der Waals surface area contributed by atoms with Crippen molar-refractivity contribution < 1.29 is 0 Å². The lowest BCUT2D eigenvalue weighted by Crippen LogP contribution is -2.09. The van der Waals surface area contributed by atoms with Gasteiger partial charge in [-0.1, -0.05) is 53.7 Å². The van der Waals surface area contributed by atoms with E-state index in [1.165, 1.54) is 0 Å². The third-order valence-electron chi connectivity index (χ3n) is 2.39. The summed E-state index contributed by atoms with van der Waals surface area (Å²) in [6.07, 6.45) is 1.90. The molecule has 110 valence electrons. The number of nitrogens with one attached hydrogen (secondary N) is 1. The molecule has 0 amide bonds. The highest BCUT2D eigenvalue weighted by Crippen LogP contribution is 2.11. The topological polar surface area (TPSA) is 37.3 Å². The summed E-state index contributed by atoms with van der Waals surface area (Å²) < 4.78 is 1.90. The van der Waals surface area contributed by atoms with Crippen LogP contribution in [0.2, 0.25) is 0 Å². The van der Waals surface area contributed by atoms with Crippen molar-refractivity contribution in [1.29, 1.82) is 0 Å². The van der Waals surface area contributed by atoms with Crippen molar-refractivity contribution in [1.82, 2.24) is 9.38 Å². The van der Waals surface area contributed by atoms with Gasteiger partial charge in [-0.3, -0.25) is 4.79 Å². The lowest BCUT2D eigenvalue weighted by atomic mass is 10.3. The second kappa shape index (κ2) is 9.84. The molecule has 0 radical (unpaired) electrons. The molecule has 0 saturated carbocycles. The third kappa shape index (κ3) is 3.73. The SMILES string of the molecule is CC.CC.CC.O=c1[nH]c2ccccc2n2cccc12. The molecule has 0 fully saturated rings. The van der Waals surface area contributed by atoms with Crippen LogP contribution >= 0.6 is 0 Å². The standard InChI is InChI=1S/C11H8N2O.3C2H6/c14-11-10-6-3-7-13(10)9-5-2-1-4-8(9)12-11;3*1-2/h1-7H,(H,12,14);3*1-2H3. The Morgan fingerprint density at radius 2 is 1.35 bits per heavy atom. The zero-order valence-electron chi connectivity index (χ0n) is 13.4. The van der Waals surface area contributed by atoms with E-state index < -0.39 is 0 Å². The van der Waals surface area contributed by atoms with E-state index in [-0.39, 0.29) is 5.56 Å². The van der Waals surface area contributed by atoms with Crippen LogP contribution in [0.25, 0.3) is 16.6 Å². The van der Waals surface area contributed by atoms with E-state index in [9.17, 15) is 4.79 Å². The van der Waals surface area contributed by atoms with E-state index in [0.29, 0.717) is 5.52 Å². The summed E-state index contributed by atoms with van der Waals surface area (Å²) in [6, 6.07) is 11.4. The normalized spacial score (nSPS) is 8.70. The van der Waals surface area contributed by atoms with Gasteiger partial charge in [0.25, 0.3) is 5.56 Å². The van der Waals surface area contributed by atoms with Gasteiger partial charge in [0.05, 0.1) is 11.0 Å². The number of H-pyrrole nitrogens is 1. The molecule has 20 heavy (non-hydrogen) atoms. The largest absolute Gasteiger partial charge is 0.319 e. The first-order valence-electron chi connectivity index (χ1n) is 7.44. The highest BCUT2D eigenvalue weighted by molar-refractivity contribution is 5.77. The summed E-state index contributed by atoms with van der Waals surface area (Å²) >= 11 is 0. The average molecular weight is 274 g/mol. The maximum Gasteiger partial charge on any atom is 0.272 e. The van der Waals surface area contributed by atoms with Crippen molar-refractivity contribution in [2.24, 2.45) is 0 Å². The minimum Gasteiger partial charge on any atom is -0.319 e. The molecule has 3 nitrogen and oxygen atoms in total. The van der Waals surface area contributed by atoms with E-state index in [1.54, 1.807) is 0 Å². The summed E-state index contributed by atoms with van der Waals surface area (Å²) in [6.45, 7) is 12.0. The molecule has 0 aliphatic rings. The molecule has 1 N–H and O–H groups in total. The van der Waals surface area contributed by atoms with Crippen LogP contribution in [0, 0.1) is 0 Å². The fourth-order valence-electron chi connectivity index (χ4n) is 1.75. The Hall–Kier alpha value is -2.03. The second-order valence-corrected chi connectivity index (χ2v) is 3.23. The van der Waals surface area contributed by atoms with Gasteiger partial charge in [0.2, 0.25) is 0 Å². The fraction of sp³-hybridized carbons (Fsp3) is 0.353. The van der Waals surface area contributed by atoms with Gasteiger partial charge < -0.3 is 9.38 Å². The maximum absolute atomic E-state index is 11.6. The van der Waals surface area contributed by atoms with E-state index in [0.717, 1.165) is 11.0 Å². The van der Waals surface area contributed by atoms with Crippen LogP contribution in [0.1, 0.15) is 41.5 Å². The van der Waals surface area contributed by atoms with E-state index in [4.69, 9.17) is 0 Å². The number of hydrogen-bond acceptors (Lipinski definition) is 1. The number of fused-ring (bicyclic) bond motifs is 3. The summed E-state index contributed by atoms with van der Waals surface area (Å²) in [7, 11) is 0. The quantitative estimate of drug-likeness (QED) is 0.624. The van der Waals surface area contributed by atoms with Gasteiger partial charge in [0, 0.05) is 6.20 Å². The van der Waals surface area contributed by atoms with Crippen molar-refractivity contribution in [3.05, 3.63) is 52.9 Å². The van der Waals surface area contributed by atoms with Gasteiger partial charge in [-0.25, -0.2) is 0 Å². The molecule has 0 unspecified atom stereocenters. The number of nitrogens with zero attached hydrogens (tertiary/aromatic N) is 1. The smallest absolute Gasteiger partial charge is 0.272 e. The van der Waals surface area contributed by atoms with E-state index in [2.05, 4.69) is 4.98 Å². The lowest BCUT2D eigenvalue weighted by molar-refractivity contribution is 1.19. The van der Waals surface area contributed by atoms with Gasteiger partial charge >= 0.3 is 0 Å². The van der Waals surface area contributed by atoms with Crippen LogP contribution in [0.15, 0.2) is 47.4 Å². The van der Waals surface area contributed by atoms with Crippen molar-refractivity contribution in [3.8, 4) is 0 Å². The fourth-order valence-corrected chi connectivity index (χ4v) is 1.75. The predicted molar refractivity (Wildman–Crippen MR) is 89.6 cm³/mol. The minimum atomic E-state index is -0.0475. The Labute approximate surface area is 121 Å². The third-order valence-corrected chi connectivity index (χ3v) is 2.39. The molecule has 3 aromatic rings. The van der Waals surface area contributed by atoms with Crippen LogP contribution in [-0.4, -0.2) is 9.38 Å². The number of rotatable bonds is 0. The van der Waals surface area contributed by atoms with Crippen molar-refractivity contribution in [3.63, 3.8) is 0 Å². The molecular formula is C17H26N2O. The predicted octanol–water partition coefficient (Wildman–Crippen LogP) is 4.86. The van der Waals surface area contributed by atoms with Crippen LogP contribution in [0.3, 0.4) is 0 Å². The number of aromatic nitrogens is 2. The zero-order valence-corrected chi connectivity index (χ0v) is 13.4. The molecule has 1 aromatic carbocycles. The van der Waals surface area contributed by atoms with Crippen molar-refractivity contribution in [2.45, 2.75) is 41.5 Å². The summed E-state index contributed by atoms with van der Waals surface area (Å²) in [5, 5.41) is 0. The molecule has 2 heterocycles. The first kappa shape index (κ1) is 18.0. The van der Waals surface area contributed by atoms with E-state index >= 15 is 0 Å². The minimum absolute atomic E-state index is 0.0475. The van der Waals surface area contributed by atoms with Gasteiger partial charge in [0.15, 0.2) is 0 Å². The van der Waals surface area contributed by atoms with Crippen LogP contribution in [0.5, 0.6) is 0 Å². The van der Waals surface area contributed by atoms with Crippen molar-refractivity contribution in [2.75, 3.05) is 0 Å². The molecule has 0 aliphatic heterocycles. The molecule has 0 atom stereocenters. The summed E-state index contributed by atoms with van der Waals surface area (Å²) in [5.41, 5.74) is 2.52. The highest BCUT2D eigenvalue weighted by atomic mass is 16.1. The van der Waals surface area contributed by atoms with Crippen LogP contribution in [0.4, 0.5) is 0 Å². The second-order valence-electron chi connectivity index (χ2n) is 3.23. The highest BCUT2D eigenvalue weighted by Gasteiger charge is 2.01. The van der Waals surface area contributed by atoms with Crippen molar-refractivity contribution >= 4 is 16.6 Å². The monoisotopic (exact) mass is 274 g/mol. The first-order valence-corrected chi connectivity index (χ1v) is 7.44. The molecule has 0 spiro atoms. The zero-order chi connectivity index (χ0) is 15.5. The Kier molecular flexibility index (Phi) is 8.84. The van der Waals surface area contributed by atoms with Gasteiger partial charge in [-0.05, 0) is 24.3 Å². The molecule has 2 aromatic heterocycles. The average Bonchev–Trinajstić information content (AvgIpc) is 3.04. The number of para-hydroxylation sites is 2. The number of aromatic amines is 1. The first-order chi connectivity index (χ1) is 9.86. The maximum atomic E-state index is 11.6. The molecule has 0 saturated heterocycles. The van der Waals surface area contributed by atoms with Gasteiger partial charge in [-0.15, -0.1) is 0 Å². The Bertz CT molecular complexity index is 665.